The van der Waals surface area contributed by atoms with Gasteiger partial charge in [-0.05, 0) is 24.4 Å². The second-order valence-corrected chi connectivity index (χ2v) is 7.62. The van der Waals surface area contributed by atoms with Crippen molar-refractivity contribution < 1.29 is 8.42 Å². The molecule has 1 aromatic heterocycles. The first-order valence-corrected chi connectivity index (χ1v) is 9.02. The molecule has 0 aromatic carbocycles. The largest absolute Gasteiger partial charge is 0.382 e. The molecule has 0 aliphatic rings. The third-order valence-electron chi connectivity index (χ3n) is 3.25. The number of nitrogen functional groups attached to an aromatic ring is 1. The third kappa shape index (κ3) is 3.60. The van der Waals surface area contributed by atoms with E-state index in [2.05, 4.69) is 23.1 Å². The Balaban J connectivity index is 3.19. The SMILES string of the molecule is CCC(C)CN(CC)c1snc(N)c1S(=O)(=O)CC. The van der Waals surface area contributed by atoms with Crippen LogP contribution < -0.4 is 10.6 Å². The van der Waals surface area contributed by atoms with Gasteiger partial charge in [-0.1, -0.05) is 27.2 Å². The van der Waals surface area contributed by atoms with Crippen molar-refractivity contribution in [3.05, 3.63) is 0 Å². The lowest BCUT2D eigenvalue weighted by Crippen LogP contribution is -2.28. The van der Waals surface area contributed by atoms with E-state index in [0.717, 1.165) is 19.5 Å². The summed E-state index contributed by atoms with van der Waals surface area (Å²) in [5, 5.41) is 0.683. The summed E-state index contributed by atoms with van der Waals surface area (Å²) in [7, 11) is -3.33. The van der Waals surface area contributed by atoms with Crippen LogP contribution in [0.25, 0.3) is 0 Å². The van der Waals surface area contributed by atoms with E-state index in [-0.39, 0.29) is 16.5 Å². The van der Waals surface area contributed by atoms with Gasteiger partial charge in [-0.2, -0.15) is 4.37 Å². The van der Waals surface area contributed by atoms with E-state index in [9.17, 15) is 8.42 Å². The zero-order chi connectivity index (χ0) is 14.6. The van der Waals surface area contributed by atoms with E-state index in [1.54, 1.807) is 6.92 Å². The molecule has 1 heterocycles. The highest BCUT2D eigenvalue weighted by Crippen LogP contribution is 2.35. The molecule has 0 aliphatic heterocycles. The molecule has 0 saturated carbocycles. The van der Waals surface area contributed by atoms with Crippen molar-refractivity contribution in [2.45, 2.75) is 39.0 Å². The lowest BCUT2D eigenvalue weighted by molar-refractivity contribution is 0.547. The van der Waals surface area contributed by atoms with Crippen LogP contribution in [0.1, 0.15) is 34.1 Å². The third-order valence-corrected chi connectivity index (χ3v) is 6.08. The first kappa shape index (κ1) is 16.2. The lowest BCUT2D eigenvalue weighted by atomic mass is 10.1. The molecule has 1 aromatic rings. The van der Waals surface area contributed by atoms with Crippen LogP contribution in [0.2, 0.25) is 0 Å². The molecule has 7 heteroatoms. The Morgan fingerprint density at radius 2 is 2.00 bits per heavy atom. The first-order chi connectivity index (χ1) is 8.87. The van der Waals surface area contributed by atoms with Gasteiger partial charge in [0.15, 0.2) is 15.7 Å². The van der Waals surface area contributed by atoms with Crippen molar-refractivity contribution in [1.82, 2.24) is 4.37 Å². The summed E-state index contributed by atoms with van der Waals surface area (Å²) in [5.74, 6) is 0.675. The molecule has 0 aliphatic carbocycles. The van der Waals surface area contributed by atoms with Crippen LogP contribution in [0, 0.1) is 5.92 Å². The van der Waals surface area contributed by atoms with Crippen molar-refractivity contribution >= 4 is 32.2 Å². The minimum absolute atomic E-state index is 0.0451. The number of anilines is 2. The summed E-state index contributed by atoms with van der Waals surface area (Å²) < 4.78 is 28.3. The van der Waals surface area contributed by atoms with E-state index in [1.165, 1.54) is 11.5 Å². The Bertz CT molecular complexity index is 511. The fourth-order valence-corrected chi connectivity index (χ4v) is 4.17. The van der Waals surface area contributed by atoms with Gasteiger partial charge in [0.05, 0.1) is 5.75 Å². The maximum Gasteiger partial charge on any atom is 0.184 e. The molecule has 0 radical (unpaired) electrons. The molecule has 110 valence electrons. The Morgan fingerprint density at radius 1 is 1.37 bits per heavy atom. The van der Waals surface area contributed by atoms with Gasteiger partial charge in [0.2, 0.25) is 0 Å². The molecule has 5 nitrogen and oxygen atoms in total. The van der Waals surface area contributed by atoms with Crippen molar-refractivity contribution in [1.29, 1.82) is 0 Å². The number of rotatable bonds is 7. The zero-order valence-corrected chi connectivity index (χ0v) is 13.6. The number of sulfone groups is 1. The van der Waals surface area contributed by atoms with E-state index in [0.29, 0.717) is 10.9 Å². The van der Waals surface area contributed by atoms with E-state index >= 15 is 0 Å². The maximum absolute atomic E-state index is 12.1. The second kappa shape index (κ2) is 6.56. The van der Waals surface area contributed by atoms with Gasteiger partial charge in [0, 0.05) is 13.1 Å². The summed E-state index contributed by atoms with van der Waals surface area (Å²) in [4.78, 5) is 2.27. The van der Waals surface area contributed by atoms with Crippen LogP contribution in [0.4, 0.5) is 10.8 Å². The fourth-order valence-electron chi connectivity index (χ4n) is 1.78. The molecule has 2 N–H and O–H groups in total. The van der Waals surface area contributed by atoms with E-state index in [1.807, 2.05) is 6.92 Å². The standard InChI is InChI=1S/C12H23N3O2S2/c1-5-9(4)8-15(6-2)12-10(11(13)14-18-12)19(16,17)7-3/h9H,5-8H2,1-4H3,(H2,13,14). The highest BCUT2D eigenvalue weighted by Gasteiger charge is 2.27. The molecule has 0 spiro atoms. The number of hydrogen-bond donors (Lipinski definition) is 1. The second-order valence-electron chi connectivity index (χ2n) is 4.66. The minimum Gasteiger partial charge on any atom is -0.382 e. The maximum atomic E-state index is 12.1. The van der Waals surface area contributed by atoms with E-state index < -0.39 is 9.84 Å². The van der Waals surface area contributed by atoms with Crippen LogP contribution in [-0.4, -0.2) is 31.6 Å². The Kier molecular flexibility index (Phi) is 5.61. The quantitative estimate of drug-likeness (QED) is 0.837. The molecule has 19 heavy (non-hydrogen) atoms. The summed E-state index contributed by atoms with van der Waals surface area (Å²) in [6.45, 7) is 9.49. The van der Waals surface area contributed by atoms with Crippen molar-refractivity contribution in [2.24, 2.45) is 5.92 Å². The Hall–Kier alpha value is -0.820. The monoisotopic (exact) mass is 305 g/mol. The van der Waals surface area contributed by atoms with Crippen molar-refractivity contribution in [2.75, 3.05) is 29.5 Å². The fraction of sp³-hybridized carbons (Fsp3) is 0.750. The van der Waals surface area contributed by atoms with Crippen LogP contribution in [0.3, 0.4) is 0 Å². The van der Waals surface area contributed by atoms with Gasteiger partial charge in [-0.25, -0.2) is 8.42 Å². The molecule has 1 atom stereocenters. The minimum atomic E-state index is -3.33. The summed E-state index contributed by atoms with van der Waals surface area (Å²) in [5.41, 5.74) is 5.75. The van der Waals surface area contributed by atoms with Crippen LogP contribution in [0.15, 0.2) is 4.90 Å². The molecule has 1 unspecified atom stereocenters. The van der Waals surface area contributed by atoms with Gasteiger partial charge < -0.3 is 10.6 Å². The van der Waals surface area contributed by atoms with Crippen LogP contribution in [-0.2, 0) is 9.84 Å². The summed E-state index contributed by atoms with van der Waals surface area (Å²) in [6, 6.07) is 0. The molecular formula is C12H23N3O2S2. The van der Waals surface area contributed by atoms with Crippen molar-refractivity contribution in [3.63, 3.8) is 0 Å². The highest BCUT2D eigenvalue weighted by molar-refractivity contribution is 7.91. The topological polar surface area (TPSA) is 76.3 Å². The molecule has 0 amide bonds. The number of aromatic nitrogens is 1. The molecular weight excluding hydrogens is 282 g/mol. The van der Waals surface area contributed by atoms with Gasteiger partial charge in [-0.15, -0.1) is 0 Å². The molecule has 1 rings (SSSR count). The van der Waals surface area contributed by atoms with Gasteiger partial charge in [0.1, 0.15) is 9.90 Å². The predicted molar refractivity (Wildman–Crippen MR) is 81.6 cm³/mol. The molecule has 0 saturated heterocycles. The number of nitrogens with zero attached hydrogens (tertiary/aromatic N) is 2. The highest BCUT2D eigenvalue weighted by atomic mass is 32.2. The first-order valence-electron chi connectivity index (χ1n) is 6.60. The normalized spacial score (nSPS) is 13.5. The number of hydrogen-bond acceptors (Lipinski definition) is 6. The van der Waals surface area contributed by atoms with Gasteiger partial charge in [0.25, 0.3) is 0 Å². The molecule has 0 fully saturated rings. The van der Waals surface area contributed by atoms with Crippen molar-refractivity contribution in [3.8, 4) is 0 Å². The average molecular weight is 305 g/mol. The average Bonchev–Trinajstić information content (AvgIpc) is 2.78. The Morgan fingerprint density at radius 3 is 2.47 bits per heavy atom. The molecule has 0 bridgehead atoms. The number of nitrogens with two attached hydrogens (primary N) is 1. The van der Waals surface area contributed by atoms with E-state index in [4.69, 9.17) is 5.73 Å². The summed E-state index contributed by atoms with van der Waals surface area (Å²) >= 11 is 1.18. The van der Waals surface area contributed by atoms with Crippen LogP contribution in [0.5, 0.6) is 0 Å². The van der Waals surface area contributed by atoms with Crippen LogP contribution >= 0.6 is 11.5 Å². The van der Waals surface area contributed by atoms with Gasteiger partial charge in [-0.3, -0.25) is 0 Å². The predicted octanol–water partition coefficient (Wildman–Crippen LogP) is 2.39. The zero-order valence-electron chi connectivity index (χ0n) is 12.0. The lowest BCUT2D eigenvalue weighted by Gasteiger charge is -2.25. The van der Waals surface area contributed by atoms with Gasteiger partial charge >= 0.3 is 0 Å². The summed E-state index contributed by atoms with van der Waals surface area (Å²) in [6.07, 6.45) is 1.06. The smallest absolute Gasteiger partial charge is 0.184 e. The Labute approximate surface area is 119 Å².